The van der Waals surface area contributed by atoms with Gasteiger partial charge < -0.3 is 5.11 Å². The zero-order chi connectivity index (χ0) is 16.8. The smallest absolute Gasteiger partial charge is 0.238 e. The first kappa shape index (κ1) is 19.1. The largest absolute Gasteiger partial charge is 0.392 e. The quantitative estimate of drug-likeness (QED) is 0.682. The maximum atomic E-state index is 11.8. The Morgan fingerprint density at radius 1 is 1.18 bits per heavy atom. The van der Waals surface area contributed by atoms with Gasteiger partial charge in [-0.2, -0.15) is 0 Å². The summed E-state index contributed by atoms with van der Waals surface area (Å²) in [5, 5.41) is 16.0. The molecule has 0 bridgehead atoms. The fourth-order valence-electron chi connectivity index (χ4n) is 2.95. The molecular formula is C17H29NO3S. The predicted molar refractivity (Wildman–Crippen MR) is 90.2 cm³/mol. The van der Waals surface area contributed by atoms with E-state index < -0.39 is 16.1 Å². The average Bonchev–Trinajstić information content (AvgIpc) is 2.47. The maximum Gasteiger partial charge on any atom is 0.238 e. The first-order chi connectivity index (χ1) is 10.3. The van der Waals surface area contributed by atoms with Crippen LogP contribution in [0.2, 0.25) is 0 Å². The lowest BCUT2D eigenvalue weighted by Gasteiger charge is -2.30. The fraction of sp³-hybridized carbons (Fsp3) is 0.647. The van der Waals surface area contributed by atoms with Crippen molar-refractivity contribution in [2.24, 2.45) is 11.1 Å². The number of nitrogens with two attached hydrogens (primary N) is 1. The third-order valence-electron chi connectivity index (χ3n) is 4.36. The molecule has 22 heavy (non-hydrogen) atoms. The topological polar surface area (TPSA) is 80.4 Å². The van der Waals surface area contributed by atoms with Gasteiger partial charge in [-0.3, -0.25) is 0 Å². The van der Waals surface area contributed by atoms with Crippen molar-refractivity contribution in [3.05, 3.63) is 29.8 Å². The van der Waals surface area contributed by atoms with Crippen LogP contribution in [0.1, 0.15) is 64.4 Å². The van der Waals surface area contributed by atoms with Crippen LogP contribution in [0.3, 0.4) is 0 Å². The highest BCUT2D eigenvalue weighted by atomic mass is 32.2. The normalized spacial score (nSPS) is 16.2. The van der Waals surface area contributed by atoms with Crippen molar-refractivity contribution in [2.75, 3.05) is 0 Å². The molecule has 0 spiro atoms. The van der Waals surface area contributed by atoms with Crippen LogP contribution < -0.4 is 5.14 Å². The number of sulfonamides is 1. The highest BCUT2D eigenvalue weighted by Gasteiger charge is 2.30. The van der Waals surface area contributed by atoms with Crippen LogP contribution in [-0.4, -0.2) is 19.6 Å². The standard InChI is InChI=1S/C17H29NO3S/c1-4-6-7-11-15(19)17(13(3)5-2)14-10-8-9-12-16(14)22(18,20)21/h8-10,12-13,15,17,19H,4-7,11H2,1-3H3,(H2,18,20,21)/t13-,15?,17-/m0/s1. The summed E-state index contributed by atoms with van der Waals surface area (Å²) in [7, 11) is -3.79. The summed E-state index contributed by atoms with van der Waals surface area (Å²) in [5.41, 5.74) is 0.642. The van der Waals surface area contributed by atoms with E-state index in [1.807, 2.05) is 6.92 Å². The van der Waals surface area contributed by atoms with Crippen molar-refractivity contribution in [1.82, 2.24) is 0 Å². The molecule has 1 aromatic rings. The molecule has 0 amide bonds. The van der Waals surface area contributed by atoms with Crippen molar-refractivity contribution in [1.29, 1.82) is 0 Å². The minimum absolute atomic E-state index is 0.134. The van der Waals surface area contributed by atoms with Crippen LogP contribution >= 0.6 is 0 Å². The van der Waals surface area contributed by atoms with E-state index in [4.69, 9.17) is 5.14 Å². The van der Waals surface area contributed by atoms with Crippen molar-refractivity contribution >= 4 is 10.0 Å². The summed E-state index contributed by atoms with van der Waals surface area (Å²) in [6.45, 7) is 6.22. The number of aliphatic hydroxyl groups excluding tert-OH is 1. The van der Waals surface area contributed by atoms with E-state index in [9.17, 15) is 13.5 Å². The van der Waals surface area contributed by atoms with Crippen molar-refractivity contribution in [3.8, 4) is 0 Å². The van der Waals surface area contributed by atoms with Crippen LogP contribution in [-0.2, 0) is 10.0 Å². The van der Waals surface area contributed by atoms with Gasteiger partial charge >= 0.3 is 0 Å². The molecule has 0 saturated carbocycles. The van der Waals surface area contributed by atoms with E-state index in [2.05, 4.69) is 13.8 Å². The highest BCUT2D eigenvalue weighted by Crippen LogP contribution is 2.35. The second-order valence-corrected chi connectivity index (χ2v) is 7.59. The van der Waals surface area contributed by atoms with E-state index in [0.29, 0.717) is 12.0 Å². The Hall–Kier alpha value is -0.910. The van der Waals surface area contributed by atoms with Crippen LogP contribution in [0.15, 0.2) is 29.2 Å². The van der Waals surface area contributed by atoms with E-state index >= 15 is 0 Å². The Kier molecular flexibility index (Phi) is 7.53. The number of hydrogen-bond donors (Lipinski definition) is 2. The second kappa shape index (κ2) is 8.65. The SMILES string of the molecule is CCCCCC(O)[C@H](c1ccccc1S(N)(=O)=O)[C@@H](C)CC. The Labute approximate surface area is 134 Å². The van der Waals surface area contributed by atoms with Gasteiger partial charge in [-0.15, -0.1) is 0 Å². The highest BCUT2D eigenvalue weighted by molar-refractivity contribution is 7.89. The number of aliphatic hydroxyl groups is 1. The molecule has 126 valence electrons. The van der Waals surface area contributed by atoms with E-state index in [1.54, 1.807) is 18.2 Å². The summed E-state index contributed by atoms with van der Waals surface area (Å²) in [4.78, 5) is 0.134. The maximum absolute atomic E-state index is 11.8. The van der Waals surface area contributed by atoms with E-state index in [1.165, 1.54) is 6.07 Å². The Bertz CT molecular complexity index is 557. The van der Waals surface area contributed by atoms with Crippen molar-refractivity contribution in [2.45, 2.75) is 69.8 Å². The first-order valence-corrected chi connectivity index (χ1v) is 9.67. The molecule has 1 unspecified atom stereocenters. The van der Waals surface area contributed by atoms with Gasteiger partial charge in [-0.1, -0.05) is 64.7 Å². The van der Waals surface area contributed by atoms with E-state index in [0.717, 1.165) is 25.7 Å². The molecule has 1 aromatic carbocycles. The number of hydrogen-bond acceptors (Lipinski definition) is 3. The Balaban J connectivity index is 3.18. The number of primary sulfonamides is 1. The van der Waals surface area contributed by atoms with Gasteiger partial charge in [0.1, 0.15) is 0 Å². The molecular weight excluding hydrogens is 298 g/mol. The molecule has 4 nitrogen and oxygen atoms in total. The fourth-order valence-corrected chi connectivity index (χ4v) is 3.75. The molecule has 0 fully saturated rings. The van der Waals surface area contributed by atoms with E-state index in [-0.39, 0.29) is 16.7 Å². The Morgan fingerprint density at radius 2 is 1.82 bits per heavy atom. The zero-order valence-electron chi connectivity index (χ0n) is 13.8. The van der Waals surface area contributed by atoms with Gasteiger partial charge in [0.15, 0.2) is 0 Å². The minimum Gasteiger partial charge on any atom is -0.392 e. The molecule has 0 aliphatic rings. The van der Waals surface area contributed by atoms with Crippen LogP contribution in [0.4, 0.5) is 0 Å². The molecule has 0 radical (unpaired) electrons. The summed E-state index contributed by atoms with van der Waals surface area (Å²) in [5.74, 6) is -0.0316. The third kappa shape index (κ3) is 5.07. The van der Waals surface area contributed by atoms with Gasteiger partial charge in [-0.25, -0.2) is 13.6 Å². The lowest BCUT2D eigenvalue weighted by atomic mass is 9.80. The van der Waals surface area contributed by atoms with Gasteiger partial charge in [0.05, 0.1) is 11.0 Å². The first-order valence-electron chi connectivity index (χ1n) is 8.12. The molecule has 0 saturated heterocycles. The molecule has 0 aliphatic carbocycles. The van der Waals surface area contributed by atoms with Crippen molar-refractivity contribution in [3.63, 3.8) is 0 Å². The molecule has 0 heterocycles. The molecule has 0 aliphatic heterocycles. The van der Waals surface area contributed by atoms with Crippen LogP contribution in [0.5, 0.6) is 0 Å². The minimum atomic E-state index is -3.79. The summed E-state index contributed by atoms with van der Waals surface area (Å²) >= 11 is 0. The third-order valence-corrected chi connectivity index (χ3v) is 5.34. The zero-order valence-corrected chi connectivity index (χ0v) is 14.6. The monoisotopic (exact) mass is 327 g/mol. The summed E-state index contributed by atoms with van der Waals surface area (Å²) < 4.78 is 23.7. The molecule has 5 heteroatoms. The number of rotatable bonds is 9. The average molecular weight is 327 g/mol. The summed E-state index contributed by atoms with van der Waals surface area (Å²) in [6, 6.07) is 6.77. The molecule has 3 atom stereocenters. The lowest BCUT2D eigenvalue weighted by Crippen LogP contribution is -2.27. The van der Waals surface area contributed by atoms with Crippen LogP contribution in [0.25, 0.3) is 0 Å². The lowest BCUT2D eigenvalue weighted by molar-refractivity contribution is 0.104. The predicted octanol–water partition coefficient (Wildman–Crippen LogP) is 3.40. The number of benzene rings is 1. The van der Waals surface area contributed by atoms with Gasteiger partial charge in [0, 0.05) is 5.92 Å². The van der Waals surface area contributed by atoms with Gasteiger partial charge in [-0.05, 0) is 24.0 Å². The molecule has 1 rings (SSSR count). The van der Waals surface area contributed by atoms with Crippen molar-refractivity contribution < 1.29 is 13.5 Å². The van der Waals surface area contributed by atoms with Gasteiger partial charge in [0.2, 0.25) is 10.0 Å². The number of unbranched alkanes of at least 4 members (excludes halogenated alkanes) is 2. The summed E-state index contributed by atoms with van der Waals surface area (Å²) in [6.07, 6.45) is 4.11. The Morgan fingerprint density at radius 3 is 2.36 bits per heavy atom. The van der Waals surface area contributed by atoms with Crippen LogP contribution in [0, 0.1) is 5.92 Å². The molecule has 3 N–H and O–H groups in total. The van der Waals surface area contributed by atoms with Gasteiger partial charge in [0.25, 0.3) is 0 Å². The molecule has 0 aromatic heterocycles. The second-order valence-electron chi connectivity index (χ2n) is 6.06.